The van der Waals surface area contributed by atoms with Crippen LogP contribution >= 0.6 is 0 Å². The van der Waals surface area contributed by atoms with E-state index >= 15 is 0 Å². The fourth-order valence-electron chi connectivity index (χ4n) is 2.14. The first-order valence-electron chi connectivity index (χ1n) is 7.78. The number of non-ortho nitro benzene ring substituents is 1. The normalized spacial score (nSPS) is 11.1. The standard InChI is InChI=1S/C17H20N2O5S/c1-3-14-5-8-16(9-6-14)24-10-11-25(22,23)18-17-12-15(19(20)21)7-4-13(17)2/h4-9,12,18H,3,10-11H2,1-2H3. The van der Waals surface area contributed by atoms with Crippen molar-refractivity contribution in [3.63, 3.8) is 0 Å². The molecule has 0 unspecified atom stereocenters. The Kier molecular flexibility index (Phi) is 5.97. The smallest absolute Gasteiger partial charge is 0.271 e. The molecule has 0 aliphatic rings. The summed E-state index contributed by atoms with van der Waals surface area (Å²) in [7, 11) is -3.68. The van der Waals surface area contributed by atoms with Crippen LogP contribution in [0.5, 0.6) is 5.75 Å². The van der Waals surface area contributed by atoms with Crippen LogP contribution < -0.4 is 9.46 Å². The number of sulfonamides is 1. The molecule has 0 spiro atoms. The number of anilines is 1. The van der Waals surface area contributed by atoms with E-state index < -0.39 is 14.9 Å². The SMILES string of the molecule is CCc1ccc(OCCS(=O)(=O)Nc2cc([N+](=O)[O-])ccc2C)cc1. The van der Waals surface area contributed by atoms with E-state index in [2.05, 4.69) is 4.72 Å². The summed E-state index contributed by atoms with van der Waals surface area (Å²) in [5, 5.41) is 10.8. The Morgan fingerprint density at radius 3 is 2.44 bits per heavy atom. The van der Waals surface area contributed by atoms with Gasteiger partial charge >= 0.3 is 0 Å². The lowest BCUT2D eigenvalue weighted by atomic mass is 10.2. The molecule has 0 aromatic heterocycles. The molecule has 0 heterocycles. The first-order chi connectivity index (χ1) is 11.8. The van der Waals surface area contributed by atoms with Crippen LogP contribution in [-0.4, -0.2) is 25.7 Å². The molecule has 2 aromatic carbocycles. The fourth-order valence-corrected chi connectivity index (χ4v) is 3.10. The second kappa shape index (κ2) is 7.98. The van der Waals surface area contributed by atoms with Crippen molar-refractivity contribution in [3.8, 4) is 5.75 Å². The Bertz CT molecular complexity index is 848. The largest absolute Gasteiger partial charge is 0.492 e. The number of ether oxygens (including phenoxy) is 1. The molecule has 25 heavy (non-hydrogen) atoms. The van der Waals surface area contributed by atoms with Crippen LogP contribution in [0.15, 0.2) is 42.5 Å². The third kappa shape index (κ3) is 5.46. The molecule has 2 aromatic rings. The minimum Gasteiger partial charge on any atom is -0.492 e. The van der Waals surface area contributed by atoms with Crippen molar-refractivity contribution in [3.05, 3.63) is 63.7 Å². The highest BCUT2D eigenvalue weighted by atomic mass is 32.2. The third-order valence-corrected chi connectivity index (χ3v) is 4.88. The quantitative estimate of drug-likeness (QED) is 0.572. The summed E-state index contributed by atoms with van der Waals surface area (Å²) in [5.74, 6) is 0.337. The summed E-state index contributed by atoms with van der Waals surface area (Å²) >= 11 is 0. The molecule has 0 bridgehead atoms. The maximum atomic E-state index is 12.2. The van der Waals surface area contributed by atoms with E-state index in [0.717, 1.165) is 6.42 Å². The van der Waals surface area contributed by atoms with E-state index in [-0.39, 0.29) is 23.7 Å². The molecule has 0 amide bonds. The van der Waals surface area contributed by atoms with Gasteiger partial charge in [-0.2, -0.15) is 0 Å². The maximum Gasteiger partial charge on any atom is 0.271 e. The second-order valence-corrected chi connectivity index (χ2v) is 7.37. The first kappa shape index (κ1) is 18.7. The van der Waals surface area contributed by atoms with Gasteiger partial charge < -0.3 is 4.74 Å². The van der Waals surface area contributed by atoms with Crippen molar-refractivity contribution in [1.82, 2.24) is 0 Å². The summed E-state index contributed by atoms with van der Waals surface area (Å²) in [4.78, 5) is 10.2. The summed E-state index contributed by atoms with van der Waals surface area (Å²) in [5.41, 5.74) is 1.80. The highest BCUT2D eigenvalue weighted by Gasteiger charge is 2.15. The van der Waals surface area contributed by atoms with Gasteiger partial charge in [-0.05, 0) is 36.6 Å². The van der Waals surface area contributed by atoms with E-state index in [9.17, 15) is 18.5 Å². The highest BCUT2D eigenvalue weighted by molar-refractivity contribution is 7.92. The lowest BCUT2D eigenvalue weighted by molar-refractivity contribution is -0.384. The van der Waals surface area contributed by atoms with Gasteiger partial charge in [0.15, 0.2) is 0 Å². The molecular formula is C17H20N2O5S. The van der Waals surface area contributed by atoms with Gasteiger partial charge in [-0.1, -0.05) is 25.1 Å². The Morgan fingerprint density at radius 2 is 1.84 bits per heavy atom. The average Bonchev–Trinajstić information content (AvgIpc) is 2.57. The van der Waals surface area contributed by atoms with Gasteiger partial charge in [0.05, 0.1) is 10.6 Å². The molecule has 134 valence electrons. The van der Waals surface area contributed by atoms with Gasteiger partial charge in [0, 0.05) is 12.1 Å². The molecule has 7 nitrogen and oxygen atoms in total. The summed E-state index contributed by atoms with van der Waals surface area (Å²) in [6.07, 6.45) is 0.918. The molecule has 1 N–H and O–H groups in total. The zero-order valence-corrected chi connectivity index (χ0v) is 14.9. The lowest BCUT2D eigenvalue weighted by Crippen LogP contribution is -2.21. The maximum absolute atomic E-state index is 12.2. The Balaban J connectivity index is 1.97. The fraction of sp³-hybridized carbons (Fsp3) is 0.294. The zero-order valence-electron chi connectivity index (χ0n) is 14.1. The highest BCUT2D eigenvalue weighted by Crippen LogP contribution is 2.23. The molecule has 0 aliphatic heterocycles. The predicted octanol–water partition coefficient (Wildman–Crippen LogP) is 3.29. The molecule has 0 fully saturated rings. The number of hydrogen-bond donors (Lipinski definition) is 1. The van der Waals surface area contributed by atoms with Crippen molar-refractivity contribution < 1.29 is 18.1 Å². The minimum absolute atomic E-state index is 0.0191. The third-order valence-electron chi connectivity index (χ3n) is 3.65. The lowest BCUT2D eigenvalue weighted by Gasteiger charge is -2.11. The van der Waals surface area contributed by atoms with Crippen molar-refractivity contribution >= 4 is 21.4 Å². The second-order valence-electron chi connectivity index (χ2n) is 5.52. The monoisotopic (exact) mass is 364 g/mol. The molecular weight excluding hydrogens is 344 g/mol. The van der Waals surface area contributed by atoms with Crippen molar-refractivity contribution in [2.24, 2.45) is 0 Å². The summed E-state index contributed by atoms with van der Waals surface area (Å²) in [6.45, 7) is 3.70. The van der Waals surface area contributed by atoms with Gasteiger partial charge in [-0.25, -0.2) is 8.42 Å². The molecule has 8 heteroatoms. The van der Waals surface area contributed by atoms with Crippen LogP contribution in [0.2, 0.25) is 0 Å². The Morgan fingerprint density at radius 1 is 1.16 bits per heavy atom. The van der Waals surface area contributed by atoms with Crippen LogP contribution in [0.3, 0.4) is 0 Å². The average molecular weight is 364 g/mol. The number of nitro benzene ring substituents is 1. The Hall–Kier alpha value is -2.61. The topological polar surface area (TPSA) is 98.5 Å². The number of hydrogen-bond acceptors (Lipinski definition) is 5. The van der Waals surface area contributed by atoms with Gasteiger partial charge in [-0.3, -0.25) is 14.8 Å². The number of nitrogens with one attached hydrogen (secondary N) is 1. The zero-order chi connectivity index (χ0) is 18.4. The summed E-state index contributed by atoms with van der Waals surface area (Å²) < 4.78 is 32.1. The van der Waals surface area contributed by atoms with Gasteiger partial charge in [-0.15, -0.1) is 0 Å². The number of nitrogens with zero attached hydrogens (tertiary/aromatic N) is 1. The molecule has 0 radical (unpaired) electrons. The van der Waals surface area contributed by atoms with Crippen LogP contribution in [0.4, 0.5) is 11.4 Å². The molecule has 0 atom stereocenters. The van der Waals surface area contributed by atoms with Crippen LogP contribution in [0.1, 0.15) is 18.1 Å². The summed E-state index contributed by atoms with van der Waals surface area (Å²) in [6, 6.07) is 11.5. The van der Waals surface area contributed by atoms with Crippen molar-refractivity contribution in [1.29, 1.82) is 0 Å². The van der Waals surface area contributed by atoms with E-state index in [1.807, 2.05) is 19.1 Å². The molecule has 0 saturated carbocycles. The number of aryl methyl sites for hydroxylation is 2. The first-order valence-corrected chi connectivity index (χ1v) is 9.43. The minimum atomic E-state index is -3.68. The molecule has 0 aliphatic carbocycles. The van der Waals surface area contributed by atoms with Crippen molar-refractivity contribution in [2.45, 2.75) is 20.3 Å². The van der Waals surface area contributed by atoms with Crippen LogP contribution in [-0.2, 0) is 16.4 Å². The van der Waals surface area contributed by atoms with E-state index in [0.29, 0.717) is 11.3 Å². The van der Waals surface area contributed by atoms with Gasteiger partial charge in [0.2, 0.25) is 10.0 Å². The molecule has 0 saturated heterocycles. The van der Waals surface area contributed by atoms with E-state index in [1.54, 1.807) is 19.1 Å². The number of rotatable bonds is 8. The Labute approximate surface area is 146 Å². The number of benzene rings is 2. The van der Waals surface area contributed by atoms with Crippen LogP contribution in [0.25, 0.3) is 0 Å². The predicted molar refractivity (Wildman–Crippen MR) is 96.6 cm³/mol. The van der Waals surface area contributed by atoms with E-state index in [4.69, 9.17) is 4.74 Å². The van der Waals surface area contributed by atoms with Crippen molar-refractivity contribution in [2.75, 3.05) is 17.1 Å². The van der Waals surface area contributed by atoms with Gasteiger partial charge in [0.1, 0.15) is 18.1 Å². The van der Waals surface area contributed by atoms with E-state index in [1.165, 1.54) is 23.8 Å². The van der Waals surface area contributed by atoms with Gasteiger partial charge in [0.25, 0.3) is 5.69 Å². The number of nitro groups is 1. The molecule has 2 rings (SSSR count). The van der Waals surface area contributed by atoms with Crippen LogP contribution in [0, 0.1) is 17.0 Å².